The van der Waals surface area contributed by atoms with Crippen LogP contribution >= 0.6 is 0 Å². The van der Waals surface area contributed by atoms with Gasteiger partial charge in [-0.25, -0.2) is 4.68 Å². The smallest absolute Gasteiger partial charge is 0.270 e. The Bertz CT molecular complexity index is 579. The molecule has 7 heteroatoms. The molecule has 0 aliphatic heterocycles. The van der Waals surface area contributed by atoms with Crippen LogP contribution < -0.4 is 10.5 Å². The van der Waals surface area contributed by atoms with Crippen LogP contribution in [0.2, 0.25) is 0 Å². The van der Waals surface area contributed by atoms with Gasteiger partial charge in [0.05, 0.1) is 24.5 Å². The molecule has 0 fully saturated rings. The van der Waals surface area contributed by atoms with E-state index < -0.39 is 5.91 Å². The first kappa shape index (κ1) is 13.0. The largest absolute Gasteiger partial charge is 0.491 e. The quantitative estimate of drug-likeness (QED) is 0.850. The van der Waals surface area contributed by atoms with Gasteiger partial charge in [-0.1, -0.05) is 5.21 Å². The van der Waals surface area contributed by atoms with E-state index in [2.05, 4.69) is 15.3 Å². The first-order valence-corrected chi connectivity index (χ1v) is 5.86. The van der Waals surface area contributed by atoms with Gasteiger partial charge in [-0.05, 0) is 19.9 Å². The van der Waals surface area contributed by atoms with Gasteiger partial charge in [0.1, 0.15) is 5.75 Å². The number of nitrogens with zero attached hydrogens (tertiary/aromatic N) is 4. The Kier molecular flexibility index (Phi) is 3.74. The third-order valence-electron chi connectivity index (χ3n) is 2.27. The van der Waals surface area contributed by atoms with Gasteiger partial charge in [-0.2, -0.15) is 0 Å². The third kappa shape index (κ3) is 3.51. The predicted molar refractivity (Wildman–Crippen MR) is 67.6 cm³/mol. The van der Waals surface area contributed by atoms with E-state index >= 15 is 0 Å². The number of pyridine rings is 1. The molecular weight excluding hydrogens is 246 g/mol. The molecule has 0 saturated carbocycles. The highest BCUT2D eigenvalue weighted by Crippen LogP contribution is 2.13. The molecule has 2 aromatic heterocycles. The molecule has 0 bridgehead atoms. The van der Waals surface area contributed by atoms with Gasteiger partial charge >= 0.3 is 0 Å². The maximum Gasteiger partial charge on any atom is 0.270 e. The number of carbonyl (C=O) groups is 1. The van der Waals surface area contributed by atoms with Crippen molar-refractivity contribution in [1.82, 2.24) is 20.0 Å². The Labute approximate surface area is 110 Å². The molecule has 2 N–H and O–H groups in total. The number of hydrogen-bond donors (Lipinski definition) is 1. The van der Waals surface area contributed by atoms with Crippen LogP contribution in [0.15, 0.2) is 24.5 Å². The average Bonchev–Trinajstić information content (AvgIpc) is 2.77. The SMILES string of the molecule is CC(C)Oc1ccnc(Cn2cc(C(N)=O)nn2)c1. The molecule has 100 valence electrons. The number of nitrogens with two attached hydrogens (primary N) is 1. The third-order valence-corrected chi connectivity index (χ3v) is 2.27. The summed E-state index contributed by atoms with van der Waals surface area (Å²) >= 11 is 0. The molecule has 0 unspecified atom stereocenters. The molecule has 0 aromatic carbocycles. The van der Waals surface area contributed by atoms with Gasteiger partial charge in [-0.15, -0.1) is 5.10 Å². The van der Waals surface area contributed by atoms with Gasteiger partial charge in [0.15, 0.2) is 5.69 Å². The maximum atomic E-state index is 10.9. The fourth-order valence-electron chi connectivity index (χ4n) is 1.54. The molecule has 1 amide bonds. The van der Waals surface area contributed by atoms with E-state index in [4.69, 9.17) is 10.5 Å². The molecule has 2 rings (SSSR count). The van der Waals surface area contributed by atoms with Crippen LogP contribution in [0.1, 0.15) is 30.0 Å². The van der Waals surface area contributed by atoms with E-state index in [0.29, 0.717) is 6.54 Å². The highest BCUT2D eigenvalue weighted by molar-refractivity contribution is 5.90. The topological polar surface area (TPSA) is 95.9 Å². The summed E-state index contributed by atoms with van der Waals surface area (Å²) in [7, 11) is 0. The molecule has 2 heterocycles. The number of rotatable bonds is 5. The van der Waals surface area contributed by atoms with Crippen molar-refractivity contribution in [2.24, 2.45) is 5.73 Å². The maximum absolute atomic E-state index is 10.9. The van der Waals surface area contributed by atoms with E-state index in [1.807, 2.05) is 19.9 Å². The number of primary amides is 1. The van der Waals surface area contributed by atoms with Gasteiger partial charge in [0.2, 0.25) is 0 Å². The Morgan fingerprint density at radius 1 is 1.53 bits per heavy atom. The van der Waals surface area contributed by atoms with Crippen LogP contribution in [-0.2, 0) is 6.54 Å². The van der Waals surface area contributed by atoms with Crippen LogP contribution in [0, 0.1) is 0 Å². The monoisotopic (exact) mass is 261 g/mol. The zero-order chi connectivity index (χ0) is 13.8. The first-order chi connectivity index (χ1) is 9.04. The Morgan fingerprint density at radius 2 is 2.32 bits per heavy atom. The van der Waals surface area contributed by atoms with Crippen LogP contribution in [0.4, 0.5) is 0 Å². The first-order valence-electron chi connectivity index (χ1n) is 5.86. The zero-order valence-electron chi connectivity index (χ0n) is 10.8. The lowest BCUT2D eigenvalue weighted by atomic mass is 10.3. The molecule has 19 heavy (non-hydrogen) atoms. The fourth-order valence-corrected chi connectivity index (χ4v) is 1.54. The number of amides is 1. The summed E-state index contributed by atoms with van der Waals surface area (Å²) in [5.41, 5.74) is 6.01. The second-order valence-corrected chi connectivity index (χ2v) is 4.32. The summed E-state index contributed by atoms with van der Waals surface area (Å²) < 4.78 is 7.08. The molecule has 7 nitrogen and oxygen atoms in total. The van der Waals surface area contributed by atoms with Gasteiger partial charge in [0, 0.05) is 12.3 Å². The second kappa shape index (κ2) is 5.47. The molecular formula is C12H15N5O2. The molecule has 0 aliphatic rings. The lowest BCUT2D eigenvalue weighted by Crippen LogP contribution is -2.11. The van der Waals surface area contributed by atoms with Gasteiger partial charge in [0.25, 0.3) is 5.91 Å². The van der Waals surface area contributed by atoms with E-state index in [1.165, 1.54) is 10.9 Å². The van der Waals surface area contributed by atoms with Crippen molar-refractivity contribution in [3.05, 3.63) is 35.9 Å². The van der Waals surface area contributed by atoms with Gasteiger partial charge < -0.3 is 10.5 Å². The predicted octanol–water partition coefficient (Wildman–Crippen LogP) is 0.607. The van der Waals surface area contributed by atoms with Crippen LogP contribution in [0.3, 0.4) is 0 Å². The Morgan fingerprint density at radius 3 is 2.95 bits per heavy atom. The number of carbonyl (C=O) groups excluding carboxylic acids is 1. The highest BCUT2D eigenvalue weighted by atomic mass is 16.5. The summed E-state index contributed by atoms with van der Waals surface area (Å²) in [4.78, 5) is 15.1. The summed E-state index contributed by atoms with van der Waals surface area (Å²) in [5.74, 6) is 0.145. The van der Waals surface area contributed by atoms with Crippen molar-refractivity contribution in [2.45, 2.75) is 26.5 Å². The lowest BCUT2D eigenvalue weighted by molar-refractivity contribution is 0.0995. The molecule has 0 radical (unpaired) electrons. The summed E-state index contributed by atoms with van der Waals surface area (Å²) in [5, 5.41) is 7.47. The molecule has 2 aromatic rings. The standard InChI is InChI=1S/C12H15N5O2/c1-8(2)19-10-3-4-14-9(5-10)6-17-7-11(12(13)18)15-16-17/h3-5,7-8H,6H2,1-2H3,(H2,13,18). The van der Waals surface area contributed by atoms with Crippen LogP contribution in [0.5, 0.6) is 5.75 Å². The van der Waals surface area contributed by atoms with Crippen molar-refractivity contribution < 1.29 is 9.53 Å². The number of hydrogen-bond acceptors (Lipinski definition) is 5. The number of ether oxygens (including phenoxy) is 1. The van der Waals surface area contributed by atoms with Crippen LogP contribution in [0.25, 0.3) is 0 Å². The van der Waals surface area contributed by atoms with Crippen molar-refractivity contribution in [3.8, 4) is 5.75 Å². The zero-order valence-corrected chi connectivity index (χ0v) is 10.8. The number of aromatic nitrogens is 4. The second-order valence-electron chi connectivity index (χ2n) is 4.32. The molecule has 0 atom stereocenters. The van der Waals surface area contributed by atoms with Crippen molar-refractivity contribution >= 4 is 5.91 Å². The minimum absolute atomic E-state index is 0.100. The highest BCUT2D eigenvalue weighted by Gasteiger charge is 2.07. The minimum Gasteiger partial charge on any atom is -0.491 e. The summed E-state index contributed by atoms with van der Waals surface area (Å²) in [6.45, 7) is 4.31. The van der Waals surface area contributed by atoms with E-state index in [-0.39, 0.29) is 11.8 Å². The molecule has 0 aliphatic carbocycles. The molecule has 0 saturated heterocycles. The van der Waals surface area contributed by atoms with Gasteiger partial charge in [-0.3, -0.25) is 9.78 Å². The minimum atomic E-state index is -0.601. The van der Waals surface area contributed by atoms with E-state index in [0.717, 1.165) is 11.4 Å². The summed E-state index contributed by atoms with van der Waals surface area (Å²) in [6.07, 6.45) is 3.25. The van der Waals surface area contributed by atoms with Crippen LogP contribution in [-0.4, -0.2) is 32.0 Å². The van der Waals surface area contributed by atoms with E-state index in [9.17, 15) is 4.79 Å². The normalized spacial score (nSPS) is 10.7. The van der Waals surface area contributed by atoms with E-state index in [1.54, 1.807) is 12.3 Å². The Balaban J connectivity index is 2.11. The average molecular weight is 261 g/mol. The molecule has 0 spiro atoms. The summed E-state index contributed by atoms with van der Waals surface area (Å²) in [6, 6.07) is 3.62. The van der Waals surface area contributed by atoms with Crippen molar-refractivity contribution in [3.63, 3.8) is 0 Å². The lowest BCUT2D eigenvalue weighted by Gasteiger charge is -2.10. The Hall–Kier alpha value is -2.44. The van der Waals surface area contributed by atoms with Crippen molar-refractivity contribution in [1.29, 1.82) is 0 Å². The fraction of sp³-hybridized carbons (Fsp3) is 0.333. The van der Waals surface area contributed by atoms with Crippen molar-refractivity contribution in [2.75, 3.05) is 0 Å².